The first-order valence-electron chi connectivity index (χ1n) is 10.2. The molecule has 3 aromatic rings. The van der Waals surface area contributed by atoms with Crippen molar-refractivity contribution in [3.63, 3.8) is 0 Å². The van der Waals surface area contributed by atoms with Crippen LogP contribution in [0.2, 0.25) is 0 Å². The lowest BCUT2D eigenvalue weighted by Gasteiger charge is -2.31. The molecule has 32 heavy (non-hydrogen) atoms. The van der Waals surface area contributed by atoms with Crippen molar-refractivity contribution < 1.29 is 18.8 Å². The van der Waals surface area contributed by atoms with E-state index in [0.717, 1.165) is 16.7 Å². The molecule has 7 heteroatoms. The third kappa shape index (κ3) is 3.22. The zero-order valence-electron chi connectivity index (χ0n) is 17.3. The fourth-order valence-corrected chi connectivity index (χ4v) is 4.40. The van der Waals surface area contributed by atoms with Gasteiger partial charge in [-0.05, 0) is 47.4 Å². The van der Waals surface area contributed by atoms with Crippen LogP contribution >= 0.6 is 0 Å². The summed E-state index contributed by atoms with van der Waals surface area (Å²) in [6, 6.07) is 18.3. The topological polar surface area (TPSA) is 78.5 Å². The Morgan fingerprint density at radius 2 is 1.75 bits per heavy atom. The first-order valence-corrected chi connectivity index (χ1v) is 10.2. The maximum Gasteiger partial charge on any atom is 0.322 e. The highest BCUT2D eigenvalue weighted by Crippen LogP contribution is 2.32. The Hall–Kier alpha value is -4.00. The van der Waals surface area contributed by atoms with E-state index in [0.29, 0.717) is 23.2 Å². The number of carbonyl (C=O) groups excluding carboxylic acids is 3. The highest BCUT2D eigenvalue weighted by Gasteiger charge is 2.50. The number of halogens is 1. The van der Waals surface area contributed by atoms with Gasteiger partial charge in [0.1, 0.15) is 5.82 Å². The summed E-state index contributed by atoms with van der Waals surface area (Å²) >= 11 is 0. The minimum absolute atomic E-state index is 0.00353. The third-order valence-corrected chi connectivity index (χ3v) is 6.05. The summed E-state index contributed by atoms with van der Waals surface area (Å²) in [5, 5.41) is 5.04. The van der Waals surface area contributed by atoms with Gasteiger partial charge in [0, 0.05) is 12.1 Å². The summed E-state index contributed by atoms with van der Waals surface area (Å²) in [4.78, 5) is 39.6. The third-order valence-electron chi connectivity index (χ3n) is 6.05. The zero-order chi connectivity index (χ0) is 22.5. The molecule has 2 aliphatic rings. The number of nitrogens with one attached hydrogen (secondary N) is 2. The number of fused-ring (bicyclic) bond motifs is 1. The van der Waals surface area contributed by atoms with Crippen molar-refractivity contribution in [2.24, 2.45) is 0 Å². The number of rotatable bonds is 4. The van der Waals surface area contributed by atoms with Crippen LogP contribution in [0, 0.1) is 12.7 Å². The Bertz CT molecular complexity index is 1270. The molecule has 1 fully saturated rings. The van der Waals surface area contributed by atoms with Crippen molar-refractivity contribution in [2.45, 2.75) is 19.0 Å². The van der Waals surface area contributed by atoms with Crippen LogP contribution < -0.4 is 10.6 Å². The minimum Gasteiger partial charge on any atom is -0.331 e. The predicted octanol–water partition coefficient (Wildman–Crippen LogP) is 3.49. The Kier molecular flexibility index (Phi) is 4.55. The number of urea groups is 1. The van der Waals surface area contributed by atoms with Crippen molar-refractivity contribution in [3.05, 3.63) is 94.8 Å². The molecular weight excluding hydrogens is 409 g/mol. The summed E-state index contributed by atoms with van der Waals surface area (Å²) in [5.74, 6) is -1.03. The Labute approximate surface area is 184 Å². The van der Waals surface area contributed by atoms with Gasteiger partial charge in [0.2, 0.25) is 0 Å². The van der Waals surface area contributed by atoms with Gasteiger partial charge in [0.15, 0.2) is 5.54 Å². The van der Waals surface area contributed by atoms with Crippen molar-refractivity contribution in [2.75, 3.05) is 6.54 Å². The molecule has 0 aliphatic carbocycles. The molecule has 0 radical (unpaired) electrons. The van der Waals surface area contributed by atoms with Gasteiger partial charge in [-0.3, -0.25) is 14.9 Å². The molecule has 2 N–H and O–H groups in total. The van der Waals surface area contributed by atoms with E-state index in [2.05, 4.69) is 10.6 Å². The standard InChI is InChI=1S/C25H20FN3O3/c1-15-5-6-18-13-29(22(30)21(18)11-15)14-25(23(31)27-24(32)28-25)19-9-7-16(8-10-19)17-3-2-4-20(26)12-17/h2-12H,13-14H2,1H3,(H2,27,28,31,32)/t25-/m0/s1. The average Bonchev–Trinajstić information content (AvgIpc) is 3.24. The molecule has 1 saturated heterocycles. The van der Waals surface area contributed by atoms with E-state index >= 15 is 0 Å². The van der Waals surface area contributed by atoms with Crippen molar-refractivity contribution >= 4 is 17.8 Å². The van der Waals surface area contributed by atoms with E-state index in [1.807, 2.05) is 25.1 Å². The van der Waals surface area contributed by atoms with Crippen molar-refractivity contribution in [1.82, 2.24) is 15.5 Å². The number of aryl methyl sites for hydroxylation is 1. The van der Waals surface area contributed by atoms with E-state index in [4.69, 9.17) is 0 Å². The number of amides is 4. The van der Waals surface area contributed by atoms with Crippen LogP contribution in [0.4, 0.5) is 9.18 Å². The molecule has 2 aliphatic heterocycles. The summed E-state index contributed by atoms with van der Waals surface area (Å²) in [6.45, 7) is 2.28. The fourth-order valence-electron chi connectivity index (χ4n) is 4.40. The normalized spacial score (nSPS) is 19.7. The lowest BCUT2D eigenvalue weighted by molar-refractivity contribution is -0.124. The molecule has 2 heterocycles. The SMILES string of the molecule is Cc1ccc2c(c1)C(=O)N(C[C@@]1(c3ccc(-c4cccc(F)c4)cc3)NC(=O)NC1=O)C2. The van der Waals surface area contributed by atoms with Crippen LogP contribution in [0.5, 0.6) is 0 Å². The van der Waals surface area contributed by atoms with Crippen LogP contribution in [0.25, 0.3) is 11.1 Å². The van der Waals surface area contributed by atoms with Gasteiger partial charge in [-0.2, -0.15) is 0 Å². The quantitative estimate of drug-likeness (QED) is 0.624. The number of nitrogens with zero attached hydrogens (tertiary/aromatic N) is 1. The molecule has 3 aromatic carbocycles. The highest BCUT2D eigenvalue weighted by atomic mass is 19.1. The van der Waals surface area contributed by atoms with Crippen LogP contribution in [-0.2, 0) is 16.9 Å². The summed E-state index contributed by atoms with van der Waals surface area (Å²) in [6.07, 6.45) is 0. The number of hydrogen-bond donors (Lipinski definition) is 2. The smallest absolute Gasteiger partial charge is 0.322 e. The second-order valence-electron chi connectivity index (χ2n) is 8.22. The van der Waals surface area contributed by atoms with Gasteiger partial charge < -0.3 is 10.2 Å². The number of hydrogen-bond acceptors (Lipinski definition) is 3. The second kappa shape index (κ2) is 7.30. The van der Waals surface area contributed by atoms with E-state index in [1.165, 1.54) is 12.1 Å². The first kappa shape index (κ1) is 19.9. The fraction of sp³-hybridized carbons (Fsp3) is 0.160. The molecule has 0 aromatic heterocycles. The Balaban J connectivity index is 1.49. The molecule has 0 bridgehead atoms. The van der Waals surface area contributed by atoms with E-state index in [9.17, 15) is 18.8 Å². The van der Waals surface area contributed by atoms with Crippen molar-refractivity contribution in [1.29, 1.82) is 0 Å². The van der Waals surface area contributed by atoms with E-state index in [1.54, 1.807) is 41.3 Å². The second-order valence-corrected chi connectivity index (χ2v) is 8.22. The lowest BCUT2D eigenvalue weighted by atomic mass is 9.88. The Morgan fingerprint density at radius 3 is 2.44 bits per heavy atom. The summed E-state index contributed by atoms with van der Waals surface area (Å²) in [5.41, 5.74) is 3.09. The van der Waals surface area contributed by atoms with Crippen LogP contribution in [0.3, 0.4) is 0 Å². The zero-order valence-corrected chi connectivity index (χ0v) is 17.3. The average molecular weight is 429 g/mol. The summed E-state index contributed by atoms with van der Waals surface area (Å²) < 4.78 is 13.6. The van der Waals surface area contributed by atoms with Crippen molar-refractivity contribution in [3.8, 4) is 11.1 Å². The van der Waals surface area contributed by atoms with Gasteiger partial charge in [0.25, 0.3) is 11.8 Å². The molecule has 160 valence electrons. The molecule has 0 saturated carbocycles. The van der Waals surface area contributed by atoms with Gasteiger partial charge >= 0.3 is 6.03 Å². The van der Waals surface area contributed by atoms with Gasteiger partial charge in [-0.15, -0.1) is 0 Å². The van der Waals surface area contributed by atoms with Gasteiger partial charge in [-0.1, -0.05) is 54.1 Å². The maximum atomic E-state index is 13.6. The summed E-state index contributed by atoms with van der Waals surface area (Å²) in [7, 11) is 0. The lowest BCUT2D eigenvalue weighted by Crippen LogP contribution is -2.52. The molecule has 0 spiro atoms. The molecule has 4 amide bonds. The molecular formula is C25H20FN3O3. The first-order chi connectivity index (χ1) is 15.4. The van der Waals surface area contributed by atoms with Crippen LogP contribution in [0.1, 0.15) is 27.0 Å². The van der Waals surface area contributed by atoms with Gasteiger partial charge in [0.05, 0.1) is 6.54 Å². The van der Waals surface area contributed by atoms with Crippen LogP contribution in [-0.4, -0.2) is 29.3 Å². The minimum atomic E-state index is -1.41. The molecule has 5 rings (SSSR count). The highest BCUT2D eigenvalue weighted by molar-refractivity contribution is 6.08. The molecule has 1 atom stereocenters. The maximum absolute atomic E-state index is 13.6. The van der Waals surface area contributed by atoms with Crippen LogP contribution in [0.15, 0.2) is 66.7 Å². The largest absolute Gasteiger partial charge is 0.331 e. The number of benzene rings is 3. The predicted molar refractivity (Wildman–Crippen MR) is 116 cm³/mol. The van der Waals surface area contributed by atoms with Gasteiger partial charge in [-0.25, -0.2) is 9.18 Å². The number of imide groups is 1. The van der Waals surface area contributed by atoms with E-state index < -0.39 is 17.5 Å². The van der Waals surface area contributed by atoms with E-state index in [-0.39, 0.29) is 18.3 Å². The number of carbonyl (C=O) groups is 3. The molecule has 0 unspecified atom stereocenters. The Morgan fingerprint density at radius 1 is 0.969 bits per heavy atom. The molecule has 6 nitrogen and oxygen atoms in total. The monoisotopic (exact) mass is 429 g/mol.